The maximum absolute atomic E-state index is 12.1. The lowest BCUT2D eigenvalue weighted by atomic mass is 10.0. The molecule has 0 aromatic heterocycles. The van der Waals surface area contributed by atoms with Gasteiger partial charge >= 0.3 is 0 Å². The smallest absolute Gasteiger partial charge is 0.240 e. The quantitative estimate of drug-likeness (QED) is 0.812. The molecule has 0 radical (unpaired) electrons. The van der Waals surface area contributed by atoms with Gasteiger partial charge in [0.25, 0.3) is 0 Å². The number of ether oxygens (including phenoxy) is 1. The first kappa shape index (κ1) is 16.5. The van der Waals surface area contributed by atoms with Crippen LogP contribution in [0.15, 0.2) is 54.6 Å². The Hall–Kier alpha value is -2.82. The number of carbonyl (C=O) groups excluding carboxylic acids is 2. The Labute approximate surface area is 135 Å². The summed E-state index contributed by atoms with van der Waals surface area (Å²) in [5.74, 6) is -0.0479. The Balaban J connectivity index is 1.97. The van der Waals surface area contributed by atoms with Crippen LogP contribution >= 0.6 is 0 Å². The van der Waals surface area contributed by atoms with Gasteiger partial charge in [0.1, 0.15) is 11.8 Å². The molecule has 120 valence electrons. The maximum atomic E-state index is 12.1. The molecule has 1 atom stereocenters. The molecule has 0 heterocycles. The molecular weight excluding hydrogens is 292 g/mol. The summed E-state index contributed by atoms with van der Waals surface area (Å²) in [5, 5.41) is 2.70. The lowest BCUT2D eigenvalue weighted by Crippen LogP contribution is -2.46. The minimum Gasteiger partial charge on any atom is -0.497 e. The number of nitrogens with two attached hydrogens (primary N) is 1. The van der Waals surface area contributed by atoms with E-state index in [4.69, 9.17) is 10.5 Å². The Bertz CT molecular complexity index is 654. The van der Waals surface area contributed by atoms with Gasteiger partial charge in [-0.1, -0.05) is 42.5 Å². The van der Waals surface area contributed by atoms with E-state index in [-0.39, 0.29) is 12.3 Å². The van der Waals surface area contributed by atoms with Crippen LogP contribution in [-0.2, 0) is 22.4 Å². The highest BCUT2D eigenvalue weighted by Gasteiger charge is 2.18. The van der Waals surface area contributed by atoms with Crippen molar-refractivity contribution < 1.29 is 14.3 Å². The van der Waals surface area contributed by atoms with Gasteiger partial charge in [0.15, 0.2) is 0 Å². The highest BCUT2D eigenvalue weighted by Crippen LogP contribution is 2.12. The van der Waals surface area contributed by atoms with Crippen molar-refractivity contribution in [1.82, 2.24) is 5.32 Å². The van der Waals surface area contributed by atoms with E-state index in [1.165, 1.54) is 0 Å². The maximum Gasteiger partial charge on any atom is 0.240 e. The zero-order valence-corrected chi connectivity index (χ0v) is 13.0. The second kappa shape index (κ2) is 7.98. The summed E-state index contributed by atoms with van der Waals surface area (Å²) in [6, 6.07) is 15.9. The molecule has 2 aromatic rings. The topological polar surface area (TPSA) is 81.4 Å². The Kier molecular flexibility index (Phi) is 5.74. The van der Waals surface area contributed by atoms with Gasteiger partial charge < -0.3 is 15.8 Å². The largest absolute Gasteiger partial charge is 0.497 e. The first-order chi connectivity index (χ1) is 11.1. The van der Waals surface area contributed by atoms with Crippen molar-refractivity contribution in [2.75, 3.05) is 7.11 Å². The van der Waals surface area contributed by atoms with Crippen molar-refractivity contribution in [3.05, 3.63) is 65.7 Å². The molecule has 2 amide bonds. The Morgan fingerprint density at radius 2 is 1.70 bits per heavy atom. The molecule has 0 aliphatic carbocycles. The number of amides is 2. The van der Waals surface area contributed by atoms with Crippen LogP contribution in [0.25, 0.3) is 0 Å². The fourth-order valence-corrected chi connectivity index (χ4v) is 2.25. The molecule has 0 unspecified atom stereocenters. The number of carbonyl (C=O) groups is 2. The Morgan fingerprint density at radius 3 is 2.26 bits per heavy atom. The summed E-state index contributed by atoms with van der Waals surface area (Å²) < 4.78 is 5.09. The molecule has 2 aromatic carbocycles. The molecule has 23 heavy (non-hydrogen) atoms. The molecule has 5 heteroatoms. The average molecular weight is 312 g/mol. The van der Waals surface area contributed by atoms with Crippen LogP contribution in [-0.4, -0.2) is 25.0 Å². The van der Waals surface area contributed by atoms with Crippen LogP contribution in [0.2, 0.25) is 0 Å². The molecule has 0 aliphatic heterocycles. The molecule has 0 spiro atoms. The number of primary amides is 1. The predicted octanol–water partition coefficient (Wildman–Crippen LogP) is 1.45. The molecule has 0 saturated carbocycles. The summed E-state index contributed by atoms with van der Waals surface area (Å²) in [6.07, 6.45) is 0.563. The van der Waals surface area contributed by atoms with Gasteiger partial charge in [-0.15, -0.1) is 0 Å². The summed E-state index contributed by atoms with van der Waals surface area (Å²) in [7, 11) is 1.59. The highest BCUT2D eigenvalue weighted by molar-refractivity contribution is 5.87. The number of hydrogen-bond acceptors (Lipinski definition) is 3. The second-order valence-corrected chi connectivity index (χ2v) is 5.24. The van der Waals surface area contributed by atoms with Gasteiger partial charge in [0.2, 0.25) is 11.8 Å². The lowest BCUT2D eigenvalue weighted by Gasteiger charge is -2.16. The van der Waals surface area contributed by atoms with Gasteiger partial charge in [-0.3, -0.25) is 9.59 Å². The molecule has 0 saturated heterocycles. The van der Waals surface area contributed by atoms with Gasteiger partial charge in [-0.2, -0.15) is 0 Å². The van der Waals surface area contributed by atoms with Crippen LogP contribution < -0.4 is 15.8 Å². The first-order valence-corrected chi connectivity index (χ1v) is 7.34. The molecule has 2 rings (SSSR count). The normalized spacial score (nSPS) is 11.5. The van der Waals surface area contributed by atoms with Crippen molar-refractivity contribution >= 4 is 11.8 Å². The van der Waals surface area contributed by atoms with Crippen LogP contribution in [0.5, 0.6) is 5.75 Å². The molecule has 5 nitrogen and oxygen atoms in total. The van der Waals surface area contributed by atoms with Gasteiger partial charge in [-0.25, -0.2) is 0 Å². The molecular formula is C18H20N2O3. The average Bonchev–Trinajstić information content (AvgIpc) is 2.55. The van der Waals surface area contributed by atoms with Crippen molar-refractivity contribution in [3.8, 4) is 5.75 Å². The third-order valence-electron chi connectivity index (χ3n) is 3.49. The zero-order valence-electron chi connectivity index (χ0n) is 13.0. The lowest BCUT2D eigenvalue weighted by molar-refractivity contribution is -0.127. The summed E-state index contributed by atoms with van der Waals surface area (Å²) in [5.41, 5.74) is 7.19. The second-order valence-electron chi connectivity index (χ2n) is 5.24. The van der Waals surface area contributed by atoms with Crippen molar-refractivity contribution in [2.24, 2.45) is 5.73 Å². The van der Waals surface area contributed by atoms with E-state index in [1.807, 2.05) is 42.5 Å². The number of methoxy groups -OCH3 is 1. The fraction of sp³-hybridized carbons (Fsp3) is 0.222. The number of hydrogen-bond donors (Lipinski definition) is 2. The molecule has 0 aliphatic rings. The summed E-state index contributed by atoms with van der Waals surface area (Å²) >= 11 is 0. The number of benzene rings is 2. The standard InChI is InChI=1S/C18H20N2O3/c1-23-15-9-7-14(8-10-15)11-16(18(19)22)20-17(21)12-13-5-3-2-4-6-13/h2-10,16H,11-12H2,1H3,(H2,19,22)(H,20,21)/t16-/m0/s1. The minimum absolute atomic E-state index is 0.216. The van der Waals surface area contributed by atoms with Crippen LogP contribution in [0.3, 0.4) is 0 Å². The first-order valence-electron chi connectivity index (χ1n) is 7.34. The summed E-state index contributed by atoms with van der Waals surface area (Å²) in [4.78, 5) is 23.7. The Morgan fingerprint density at radius 1 is 1.04 bits per heavy atom. The van der Waals surface area contributed by atoms with Gasteiger partial charge in [-0.05, 0) is 23.3 Å². The van der Waals surface area contributed by atoms with E-state index in [0.717, 1.165) is 16.9 Å². The van der Waals surface area contributed by atoms with E-state index in [9.17, 15) is 9.59 Å². The monoisotopic (exact) mass is 312 g/mol. The number of rotatable bonds is 7. The van der Waals surface area contributed by atoms with Crippen LogP contribution in [0.1, 0.15) is 11.1 Å². The molecule has 0 fully saturated rings. The van der Waals surface area contributed by atoms with Crippen molar-refractivity contribution in [3.63, 3.8) is 0 Å². The van der Waals surface area contributed by atoms with E-state index in [2.05, 4.69) is 5.32 Å². The third-order valence-corrected chi connectivity index (χ3v) is 3.49. The van der Waals surface area contributed by atoms with Crippen LogP contribution in [0.4, 0.5) is 0 Å². The SMILES string of the molecule is COc1ccc(C[C@H](NC(=O)Cc2ccccc2)C(N)=O)cc1. The van der Waals surface area contributed by atoms with Crippen molar-refractivity contribution in [1.29, 1.82) is 0 Å². The number of nitrogens with one attached hydrogen (secondary N) is 1. The van der Waals surface area contributed by atoms with Gasteiger partial charge in [0, 0.05) is 6.42 Å². The minimum atomic E-state index is -0.736. The van der Waals surface area contributed by atoms with E-state index in [1.54, 1.807) is 19.2 Å². The van der Waals surface area contributed by atoms with E-state index in [0.29, 0.717) is 6.42 Å². The highest BCUT2D eigenvalue weighted by atomic mass is 16.5. The predicted molar refractivity (Wildman–Crippen MR) is 88.0 cm³/mol. The van der Waals surface area contributed by atoms with Crippen molar-refractivity contribution in [2.45, 2.75) is 18.9 Å². The zero-order chi connectivity index (χ0) is 16.7. The summed E-state index contributed by atoms with van der Waals surface area (Å²) in [6.45, 7) is 0. The third kappa shape index (κ3) is 5.14. The van der Waals surface area contributed by atoms with E-state index < -0.39 is 11.9 Å². The molecule has 3 N–H and O–H groups in total. The van der Waals surface area contributed by atoms with Crippen LogP contribution in [0, 0.1) is 0 Å². The van der Waals surface area contributed by atoms with E-state index >= 15 is 0 Å². The fourth-order valence-electron chi connectivity index (χ4n) is 2.25. The molecule has 0 bridgehead atoms. The van der Waals surface area contributed by atoms with Gasteiger partial charge in [0.05, 0.1) is 13.5 Å².